The van der Waals surface area contributed by atoms with Gasteiger partial charge in [0.25, 0.3) is 5.91 Å². The minimum absolute atomic E-state index is 0.00415. The Balaban J connectivity index is 2.54. The van der Waals surface area contributed by atoms with Gasteiger partial charge in [-0.3, -0.25) is 4.79 Å². The number of halogens is 1. The maximum Gasteiger partial charge on any atom is 0.251 e. The van der Waals surface area contributed by atoms with Crippen LogP contribution >= 0.6 is 15.9 Å². The second-order valence-corrected chi connectivity index (χ2v) is 5.78. The Morgan fingerprint density at radius 1 is 1.44 bits per heavy atom. The molecule has 0 aliphatic heterocycles. The van der Waals surface area contributed by atoms with Crippen LogP contribution in [0.4, 0.5) is 0 Å². The first kappa shape index (κ1) is 13.1. The molecular formula is C9H11BrN2O3S. The van der Waals surface area contributed by atoms with E-state index in [-0.39, 0.29) is 18.2 Å². The normalized spacial score (nSPS) is 11.1. The van der Waals surface area contributed by atoms with Gasteiger partial charge in [-0.25, -0.2) is 13.6 Å². The highest BCUT2D eigenvalue weighted by Crippen LogP contribution is 2.11. The number of hydrogen-bond donors (Lipinski definition) is 2. The zero-order valence-electron chi connectivity index (χ0n) is 8.31. The van der Waals surface area contributed by atoms with E-state index in [9.17, 15) is 13.2 Å². The number of hydrogen-bond acceptors (Lipinski definition) is 3. The number of rotatable bonds is 4. The highest BCUT2D eigenvalue weighted by molar-refractivity contribution is 9.10. The van der Waals surface area contributed by atoms with E-state index < -0.39 is 10.0 Å². The van der Waals surface area contributed by atoms with E-state index in [4.69, 9.17) is 5.14 Å². The van der Waals surface area contributed by atoms with Crippen molar-refractivity contribution in [3.05, 3.63) is 34.3 Å². The van der Waals surface area contributed by atoms with Gasteiger partial charge in [-0.1, -0.05) is 22.0 Å². The second-order valence-electron chi connectivity index (χ2n) is 3.13. The first-order chi connectivity index (χ1) is 7.38. The fourth-order valence-corrected chi connectivity index (χ4v) is 1.82. The van der Waals surface area contributed by atoms with Gasteiger partial charge in [-0.2, -0.15) is 0 Å². The number of amides is 1. The largest absolute Gasteiger partial charge is 0.351 e. The molecule has 0 aliphatic rings. The standard InChI is InChI=1S/C9H11BrN2O3S/c10-8-3-1-2-7(6-8)9(13)12-4-5-16(11,14)15/h1-3,6H,4-5H2,(H,12,13)(H2,11,14,15). The maximum atomic E-state index is 11.5. The Kier molecular flexibility index (Phi) is 4.45. The molecule has 0 spiro atoms. The monoisotopic (exact) mass is 306 g/mol. The number of primary sulfonamides is 1. The molecule has 7 heteroatoms. The molecule has 88 valence electrons. The predicted molar refractivity (Wildman–Crippen MR) is 64.4 cm³/mol. The summed E-state index contributed by atoms with van der Waals surface area (Å²) in [6.07, 6.45) is 0. The van der Waals surface area contributed by atoms with Gasteiger partial charge in [0.15, 0.2) is 0 Å². The Bertz CT molecular complexity index is 487. The summed E-state index contributed by atoms with van der Waals surface area (Å²) in [6, 6.07) is 6.79. The van der Waals surface area contributed by atoms with Crippen molar-refractivity contribution in [2.45, 2.75) is 0 Å². The van der Waals surface area contributed by atoms with Gasteiger partial charge in [0.05, 0.1) is 5.75 Å². The number of sulfonamides is 1. The fourth-order valence-electron chi connectivity index (χ4n) is 1.04. The maximum absolute atomic E-state index is 11.5. The minimum Gasteiger partial charge on any atom is -0.351 e. The lowest BCUT2D eigenvalue weighted by Crippen LogP contribution is -2.31. The summed E-state index contributed by atoms with van der Waals surface area (Å²) in [7, 11) is -3.53. The molecule has 5 nitrogen and oxygen atoms in total. The molecule has 0 aromatic heterocycles. The molecule has 1 aromatic carbocycles. The molecule has 0 heterocycles. The van der Waals surface area contributed by atoms with Crippen LogP contribution in [-0.4, -0.2) is 26.6 Å². The van der Waals surface area contributed by atoms with Crippen LogP contribution in [0, 0.1) is 0 Å². The van der Waals surface area contributed by atoms with Crippen molar-refractivity contribution < 1.29 is 13.2 Å². The molecule has 1 amide bonds. The van der Waals surface area contributed by atoms with E-state index in [1.54, 1.807) is 24.3 Å². The molecule has 0 atom stereocenters. The summed E-state index contributed by atoms with van der Waals surface area (Å²) in [4.78, 5) is 11.5. The van der Waals surface area contributed by atoms with Gasteiger partial charge < -0.3 is 5.32 Å². The number of benzene rings is 1. The summed E-state index contributed by atoms with van der Waals surface area (Å²) in [6.45, 7) is 0.00415. The molecule has 0 aliphatic carbocycles. The average molecular weight is 307 g/mol. The van der Waals surface area contributed by atoms with Gasteiger partial charge in [0.1, 0.15) is 0 Å². The molecule has 0 saturated heterocycles. The molecule has 0 saturated carbocycles. The van der Waals surface area contributed by atoms with E-state index >= 15 is 0 Å². The van der Waals surface area contributed by atoms with E-state index in [0.717, 1.165) is 4.47 Å². The first-order valence-corrected chi connectivity index (χ1v) is 6.93. The summed E-state index contributed by atoms with van der Waals surface area (Å²) < 4.78 is 22.0. The van der Waals surface area contributed by atoms with Crippen LogP contribution in [0.3, 0.4) is 0 Å². The molecule has 1 aromatic rings. The molecule has 0 bridgehead atoms. The first-order valence-electron chi connectivity index (χ1n) is 4.43. The SMILES string of the molecule is NS(=O)(=O)CCNC(=O)c1cccc(Br)c1. The lowest BCUT2D eigenvalue weighted by atomic mass is 10.2. The summed E-state index contributed by atoms with van der Waals surface area (Å²) >= 11 is 3.23. The molecule has 0 unspecified atom stereocenters. The lowest BCUT2D eigenvalue weighted by Gasteiger charge is -2.04. The Morgan fingerprint density at radius 2 is 2.12 bits per heavy atom. The third-order valence-electron chi connectivity index (χ3n) is 1.76. The molecule has 3 N–H and O–H groups in total. The fraction of sp³-hybridized carbons (Fsp3) is 0.222. The molecule has 0 fully saturated rings. The van der Waals surface area contributed by atoms with Crippen LogP contribution in [0.2, 0.25) is 0 Å². The molecule has 1 rings (SSSR count). The smallest absolute Gasteiger partial charge is 0.251 e. The summed E-state index contributed by atoms with van der Waals surface area (Å²) in [5, 5.41) is 7.26. The topological polar surface area (TPSA) is 89.3 Å². The van der Waals surface area contributed by atoms with Gasteiger partial charge >= 0.3 is 0 Å². The minimum atomic E-state index is -3.53. The Hall–Kier alpha value is -0.920. The van der Waals surface area contributed by atoms with Gasteiger partial charge in [0, 0.05) is 16.6 Å². The predicted octanol–water partition coefficient (Wildman–Crippen LogP) is 0.467. The van der Waals surface area contributed by atoms with Gasteiger partial charge in [0.2, 0.25) is 10.0 Å². The Morgan fingerprint density at radius 3 is 2.69 bits per heavy atom. The van der Waals surface area contributed by atoms with Gasteiger partial charge in [-0.05, 0) is 18.2 Å². The zero-order valence-corrected chi connectivity index (χ0v) is 10.7. The lowest BCUT2D eigenvalue weighted by molar-refractivity contribution is 0.0956. The number of nitrogens with two attached hydrogens (primary N) is 1. The molecule has 0 radical (unpaired) electrons. The third kappa shape index (κ3) is 4.73. The molecular weight excluding hydrogens is 296 g/mol. The third-order valence-corrected chi connectivity index (χ3v) is 3.03. The van der Waals surface area contributed by atoms with Crippen molar-refractivity contribution in [2.24, 2.45) is 5.14 Å². The van der Waals surface area contributed by atoms with Crippen molar-refractivity contribution in [2.75, 3.05) is 12.3 Å². The van der Waals surface area contributed by atoms with Crippen LogP contribution in [-0.2, 0) is 10.0 Å². The van der Waals surface area contributed by atoms with Crippen molar-refractivity contribution in [1.82, 2.24) is 5.32 Å². The quantitative estimate of drug-likeness (QED) is 0.847. The number of carbonyl (C=O) groups is 1. The van der Waals surface area contributed by atoms with Crippen molar-refractivity contribution in [3.8, 4) is 0 Å². The van der Waals surface area contributed by atoms with Crippen LogP contribution in [0.25, 0.3) is 0 Å². The Labute approximate surface area is 102 Å². The summed E-state index contributed by atoms with van der Waals surface area (Å²) in [5.74, 6) is -0.600. The van der Waals surface area contributed by atoms with Crippen molar-refractivity contribution >= 4 is 31.9 Å². The molecule has 16 heavy (non-hydrogen) atoms. The summed E-state index contributed by atoms with van der Waals surface area (Å²) in [5.41, 5.74) is 0.462. The van der Waals surface area contributed by atoms with Crippen LogP contribution < -0.4 is 10.5 Å². The second kappa shape index (κ2) is 5.42. The van der Waals surface area contributed by atoms with Crippen molar-refractivity contribution in [1.29, 1.82) is 0 Å². The zero-order chi connectivity index (χ0) is 12.2. The number of carbonyl (C=O) groups excluding carboxylic acids is 1. The average Bonchev–Trinajstić information content (AvgIpc) is 2.15. The van der Waals surface area contributed by atoms with Crippen LogP contribution in [0.5, 0.6) is 0 Å². The van der Waals surface area contributed by atoms with E-state index in [1.807, 2.05) is 0 Å². The number of nitrogens with one attached hydrogen (secondary N) is 1. The van der Waals surface area contributed by atoms with Crippen LogP contribution in [0.1, 0.15) is 10.4 Å². The van der Waals surface area contributed by atoms with Crippen LogP contribution in [0.15, 0.2) is 28.7 Å². The van der Waals surface area contributed by atoms with E-state index in [2.05, 4.69) is 21.2 Å². The van der Waals surface area contributed by atoms with E-state index in [1.165, 1.54) is 0 Å². The highest BCUT2D eigenvalue weighted by Gasteiger charge is 2.07. The van der Waals surface area contributed by atoms with Gasteiger partial charge in [-0.15, -0.1) is 0 Å². The highest BCUT2D eigenvalue weighted by atomic mass is 79.9. The van der Waals surface area contributed by atoms with E-state index in [0.29, 0.717) is 5.56 Å². The van der Waals surface area contributed by atoms with Crippen molar-refractivity contribution in [3.63, 3.8) is 0 Å².